The molecule has 0 aliphatic heterocycles. The fraction of sp³-hybridized carbons (Fsp3) is 0.579. The summed E-state index contributed by atoms with van der Waals surface area (Å²) in [5.74, 6) is 0.380. The number of carbonyl (C=O) groups excluding carboxylic acids is 1. The highest BCUT2D eigenvalue weighted by Crippen LogP contribution is 2.36. The molecule has 0 saturated heterocycles. The minimum absolute atomic E-state index is 0.0471. The number of halogens is 1. The van der Waals surface area contributed by atoms with Crippen LogP contribution in [0.3, 0.4) is 0 Å². The van der Waals surface area contributed by atoms with Crippen molar-refractivity contribution in [1.82, 2.24) is 5.32 Å². The monoisotopic (exact) mass is 367 g/mol. The molecule has 2 rings (SSSR count). The van der Waals surface area contributed by atoms with Gasteiger partial charge in [0.25, 0.3) is 0 Å². The van der Waals surface area contributed by atoms with Crippen LogP contribution in [0.15, 0.2) is 18.2 Å². The van der Waals surface area contributed by atoms with E-state index in [1.807, 2.05) is 0 Å². The van der Waals surface area contributed by atoms with Gasteiger partial charge in [0.2, 0.25) is 5.91 Å². The zero-order valence-corrected chi connectivity index (χ0v) is 15.7. The molecule has 0 heterocycles. The van der Waals surface area contributed by atoms with Crippen LogP contribution in [-0.2, 0) is 16.0 Å². The van der Waals surface area contributed by atoms with Crippen molar-refractivity contribution in [3.05, 3.63) is 28.8 Å². The third-order valence-electron chi connectivity index (χ3n) is 5.23. The Kier molecular flexibility index (Phi) is 6.33. The minimum atomic E-state index is -1.17. The van der Waals surface area contributed by atoms with Gasteiger partial charge in [0.05, 0.1) is 13.5 Å². The van der Waals surface area contributed by atoms with E-state index in [0.717, 1.165) is 12.8 Å². The van der Waals surface area contributed by atoms with Crippen LogP contribution in [0, 0.1) is 11.8 Å². The van der Waals surface area contributed by atoms with Crippen LogP contribution in [0.25, 0.3) is 0 Å². The molecule has 1 amide bonds. The molecule has 5 nitrogen and oxygen atoms in total. The van der Waals surface area contributed by atoms with Gasteiger partial charge in [0, 0.05) is 5.02 Å². The predicted molar refractivity (Wildman–Crippen MR) is 97.0 cm³/mol. The van der Waals surface area contributed by atoms with Crippen LogP contribution < -0.4 is 10.1 Å². The molecule has 0 atom stereocenters. The lowest BCUT2D eigenvalue weighted by Crippen LogP contribution is -2.57. The maximum absolute atomic E-state index is 12.4. The normalized spacial score (nSPS) is 23.3. The van der Waals surface area contributed by atoms with Gasteiger partial charge in [-0.25, -0.2) is 4.79 Å². The summed E-state index contributed by atoms with van der Waals surface area (Å²) in [6.07, 6.45) is 2.60. The maximum atomic E-state index is 12.4. The zero-order chi connectivity index (χ0) is 18.6. The first kappa shape index (κ1) is 19.6. The van der Waals surface area contributed by atoms with Gasteiger partial charge in [-0.1, -0.05) is 31.5 Å². The molecule has 0 unspecified atom stereocenters. The Morgan fingerprint density at radius 3 is 2.48 bits per heavy atom. The number of ether oxygens (including phenoxy) is 1. The van der Waals surface area contributed by atoms with Crippen LogP contribution in [0.5, 0.6) is 5.75 Å². The van der Waals surface area contributed by atoms with Gasteiger partial charge in [0.1, 0.15) is 11.3 Å². The lowest BCUT2D eigenvalue weighted by atomic mass is 9.72. The highest BCUT2D eigenvalue weighted by atomic mass is 35.5. The largest absolute Gasteiger partial charge is 0.497 e. The lowest BCUT2D eigenvalue weighted by molar-refractivity contribution is -0.149. The summed E-state index contributed by atoms with van der Waals surface area (Å²) >= 11 is 6.17. The number of carboxylic acid groups (broad SMARTS) is 1. The lowest BCUT2D eigenvalue weighted by Gasteiger charge is -2.38. The minimum Gasteiger partial charge on any atom is -0.497 e. The number of methoxy groups -OCH3 is 1. The number of nitrogens with one attached hydrogen (secondary N) is 1. The topological polar surface area (TPSA) is 75.6 Å². The summed E-state index contributed by atoms with van der Waals surface area (Å²) in [5.41, 5.74) is -0.516. The van der Waals surface area contributed by atoms with E-state index in [0.29, 0.717) is 41.0 Å². The molecular formula is C19H26ClNO4. The number of carbonyl (C=O) groups is 2. The van der Waals surface area contributed by atoms with E-state index in [2.05, 4.69) is 19.2 Å². The van der Waals surface area contributed by atoms with Crippen LogP contribution in [0.1, 0.15) is 45.1 Å². The Bertz CT molecular complexity index is 636. The van der Waals surface area contributed by atoms with Crippen LogP contribution in [0.2, 0.25) is 5.02 Å². The summed E-state index contributed by atoms with van der Waals surface area (Å²) in [7, 11) is 1.54. The van der Waals surface area contributed by atoms with E-state index in [9.17, 15) is 14.7 Å². The number of benzene rings is 1. The van der Waals surface area contributed by atoms with E-state index >= 15 is 0 Å². The van der Waals surface area contributed by atoms with Crippen molar-refractivity contribution in [3.8, 4) is 5.75 Å². The molecule has 1 aromatic rings. The molecule has 2 N–H and O–H groups in total. The van der Waals surface area contributed by atoms with E-state index in [-0.39, 0.29) is 12.3 Å². The van der Waals surface area contributed by atoms with Crippen LogP contribution in [-0.4, -0.2) is 29.6 Å². The van der Waals surface area contributed by atoms with Crippen LogP contribution >= 0.6 is 11.6 Å². The van der Waals surface area contributed by atoms with E-state index in [4.69, 9.17) is 16.3 Å². The van der Waals surface area contributed by atoms with Crippen LogP contribution in [0.4, 0.5) is 0 Å². The first-order valence-corrected chi connectivity index (χ1v) is 9.02. The van der Waals surface area contributed by atoms with E-state index in [1.165, 1.54) is 0 Å². The molecule has 0 bridgehead atoms. The fourth-order valence-electron chi connectivity index (χ4n) is 3.47. The second-order valence-corrected chi connectivity index (χ2v) is 7.56. The van der Waals surface area contributed by atoms with Crippen molar-refractivity contribution >= 4 is 23.5 Å². The summed E-state index contributed by atoms with van der Waals surface area (Å²) in [6.45, 7) is 4.31. The smallest absolute Gasteiger partial charge is 0.329 e. The van der Waals surface area contributed by atoms with Crippen molar-refractivity contribution < 1.29 is 19.4 Å². The van der Waals surface area contributed by atoms with Gasteiger partial charge in [-0.2, -0.15) is 0 Å². The average Bonchev–Trinajstić information content (AvgIpc) is 2.56. The second-order valence-electron chi connectivity index (χ2n) is 7.15. The van der Waals surface area contributed by atoms with Gasteiger partial charge in [-0.3, -0.25) is 4.79 Å². The molecule has 1 fully saturated rings. The van der Waals surface area contributed by atoms with E-state index < -0.39 is 11.5 Å². The van der Waals surface area contributed by atoms with Gasteiger partial charge < -0.3 is 15.2 Å². The molecule has 1 aliphatic carbocycles. The molecular weight excluding hydrogens is 342 g/mol. The molecule has 0 radical (unpaired) electrons. The fourth-order valence-corrected chi connectivity index (χ4v) is 3.71. The van der Waals surface area contributed by atoms with Crippen molar-refractivity contribution in [2.45, 2.75) is 51.5 Å². The SMILES string of the molecule is COc1ccc(CC(=O)NC2(C(=O)O)CCC(C(C)C)CC2)c(Cl)c1. The van der Waals surface area contributed by atoms with Crippen molar-refractivity contribution in [2.75, 3.05) is 7.11 Å². The standard InChI is InChI=1S/C19H26ClNO4/c1-12(2)13-6-8-19(9-7-13,18(23)24)21-17(22)10-14-4-5-15(25-3)11-16(14)20/h4-5,11-13H,6-10H2,1-3H3,(H,21,22)(H,23,24). The zero-order valence-electron chi connectivity index (χ0n) is 15.0. The first-order chi connectivity index (χ1) is 11.8. The Morgan fingerprint density at radius 2 is 2.00 bits per heavy atom. The first-order valence-electron chi connectivity index (χ1n) is 8.64. The molecule has 138 valence electrons. The average molecular weight is 368 g/mol. The summed E-state index contributed by atoms with van der Waals surface area (Å²) in [4.78, 5) is 24.3. The molecule has 1 saturated carbocycles. The van der Waals surface area contributed by atoms with E-state index in [1.54, 1.807) is 25.3 Å². The van der Waals surface area contributed by atoms with Crippen molar-refractivity contribution in [2.24, 2.45) is 11.8 Å². The quantitative estimate of drug-likeness (QED) is 0.804. The van der Waals surface area contributed by atoms with Gasteiger partial charge in [-0.05, 0) is 55.2 Å². The highest BCUT2D eigenvalue weighted by molar-refractivity contribution is 6.31. The van der Waals surface area contributed by atoms with Gasteiger partial charge in [-0.15, -0.1) is 0 Å². The summed E-state index contributed by atoms with van der Waals surface area (Å²) < 4.78 is 5.09. The maximum Gasteiger partial charge on any atom is 0.329 e. The Labute approximate surface area is 153 Å². The third-order valence-corrected chi connectivity index (χ3v) is 5.58. The Hall–Kier alpha value is -1.75. The van der Waals surface area contributed by atoms with Gasteiger partial charge >= 0.3 is 5.97 Å². The van der Waals surface area contributed by atoms with Crippen molar-refractivity contribution in [3.63, 3.8) is 0 Å². The third kappa shape index (κ3) is 4.66. The van der Waals surface area contributed by atoms with Gasteiger partial charge in [0.15, 0.2) is 0 Å². The highest BCUT2D eigenvalue weighted by Gasteiger charge is 2.43. The number of aliphatic carboxylic acids is 1. The predicted octanol–water partition coefficient (Wildman–Crippen LogP) is 3.68. The molecule has 1 aromatic carbocycles. The molecule has 0 spiro atoms. The van der Waals surface area contributed by atoms with Crippen molar-refractivity contribution in [1.29, 1.82) is 0 Å². The number of carboxylic acids is 1. The molecule has 0 aromatic heterocycles. The second kappa shape index (κ2) is 8.09. The summed E-state index contributed by atoms with van der Waals surface area (Å²) in [6, 6.07) is 5.10. The summed E-state index contributed by atoms with van der Waals surface area (Å²) in [5, 5.41) is 12.9. The number of hydrogen-bond donors (Lipinski definition) is 2. The number of hydrogen-bond acceptors (Lipinski definition) is 3. The number of rotatable bonds is 6. The Morgan fingerprint density at radius 1 is 1.36 bits per heavy atom. The molecule has 1 aliphatic rings. The molecule has 6 heteroatoms. The number of amides is 1. The molecule has 25 heavy (non-hydrogen) atoms. The Balaban J connectivity index is 2.05.